The van der Waals surface area contributed by atoms with Gasteiger partial charge in [-0.1, -0.05) is 0 Å². The summed E-state index contributed by atoms with van der Waals surface area (Å²) in [5.41, 5.74) is 0.744. The molecular formula is C10H10N2O3. The first kappa shape index (κ1) is 9.51. The Morgan fingerprint density at radius 3 is 2.47 bits per heavy atom. The van der Waals surface area contributed by atoms with Crippen LogP contribution in [0.15, 0.2) is 33.5 Å². The van der Waals surface area contributed by atoms with Crippen LogP contribution < -0.4 is 10.5 Å². The molecule has 0 aliphatic carbocycles. The van der Waals surface area contributed by atoms with Gasteiger partial charge in [0.2, 0.25) is 5.89 Å². The lowest BCUT2D eigenvalue weighted by atomic mass is 10.2. The molecule has 0 aliphatic heterocycles. The van der Waals surface area contributed by atoms with Crippen molar-refractivity contribution in [1.29, 1.82) is 0 Å². The van der Waals surface area contributed by atoms with E-state index in [1.807, 2.05) is 0 Å². The summed E-state index contributed by atoms with van der Waals surface area (Å²) in [5, 5.41) is 3.93. The number of nitrogens with zero attached hydrogens (tertiary/aromatic N) is 2. The zero-order chi connectivity index (χ0) is 10.8. The Morgan fingerprint density at radius 2 is 2.00 bits per heavy atom. The van der Waals surface area contributed by atoms with E-state index in [0.717, 1.165) is 16.0 Å². The minimum absolute atomic E-state index is 0.310. The van der Waals surface area contributed by atoms with Gasteiger partial charge in [0.1, 0.15) is 5.75 Å². The summed E-state index contributed by atoms with van der Waals surface area (Å²) < 4.78 is 11.1. The second kappa shape index (κ2) is 3.61. The van der Waals surface area contributed by atoms with Crippen molar-refractivity contribution >= 4 is 0 Å². The molecule has 0 amide bonds. The highest BCUT2D eigenvalue weighted by atomic mass is 16.5. The van der Waals surface area contributed by atoms with Gasteiger partial charge >= 0.3 is 5.76 Å². The molecule has 0 N–H and O–H groups in total. The molecule has 15 heavy (non-hydrogen) atoms. The van der Waals surface area contributed by atoms with Gasteiger partial charge in [-0.3, -0.25) is 0 Å². The lowest BCUT2D eigenvalue weighted by Crippen LogP contribution is -2.09. The number of ether oxygens (including phenoxy) is 1. The number of benzene rings is 1. The van der Waals surface area contributed by atoms with Gasteiger partial charge in [-0.05, 0) is 24.3 Å². The standard InChI is InChI=1S/C10H10N2O3/c1-12-10(13)15-9(11-12)7-3-5-8(14-2)6-4-7/h3-6H,1-2H3. The largest absolute Gasteiger partial charge is 0.497 e. The van der Waals surface area contributed by atoms with Crippen molar-refractivity contribution in [3.05, 3.63) is 34.8 Å². The third-order valence-electron chi connectivity index (χ3n) is 2.03. The maximum Gasteiger partial charge on any atom is 0.437 e. The molecule has 1 aromatic carbocycles. The van der Waals surface area contributed by atoms with Crippen molar-refractivity contribution in [2.75, 3.05) is 7.11 Å². The van der Waals surface area contributed by atoms with Crippen LogP contribution in [0.1, 0.15) is 0 Å². The Bertz CT molecular complexity index is 510. The van der Waals surface area contributed by atoms with E-state index < -0.39 is 5.76 Å². The molecule has 2 aromatic rings. The molecule has 5 nitrogen and oxygen atoms in total. The molecule has 1 heterocycles. The fourth-order valence-corrected chi connectivity index (χ4v) is 1.20. The number of hydrogen-bond donors (Lipinski definition) is 0. The second-order valence-electron chi connectivity index (χ2n) is 3.03. The summed E-state index contributed by atoms with van der Waals surface area (Å²) in [6.07, 6.45) is 0. The van der Waals surface area contributed by atoms with Crippen LogP contribution in [0.4, 0.5) is 0 Å². The second-order valence-corrected chi connectivity index (χ2v) is 3.03. The van der Waals surface area contributed by atoms with Gasteiger partial charge < -0.3 is 9.15 Å². The van der Waals surface area contributed by atoms with Gasteiger partial charge in [0.05, 0.1) is 7.11 Å². The molecule has 0 unspecified atom stereocenters. The first-order valence-corrected chi connectivity index (χ1v) is 4.39. The normalized spacial score (nSPS) is 10.3. The minimum Gasteiger partial charge on any atom is -0.497 e. The zero-order valence-corrected chi connectivity index (χ0v) is 8.43. The summed E-state index contributed by atoms with van der Waals surface area (Å²) in [7, 11) is 3.13. The Balaban J connectivity index is 2.41. The van der Waals surface area contributed by atoms with E-state index in [9.17, 15) is 4.79 Å². The quantitative estimate of drug-likeness (QED) is 0.736. The van der Waals surface area contributed by atoms with Crippen molar-refractivity contribution in [3.8, 4) is 17.2 Å². The van der Waals surface area contributed by atoms with Crippen LogP contribution in [-0.2, 0) is 7.05 Å². The van der Waals surface area contributed by atoms with Crippen LogP contribution in [0, 0.1) is 0 Å². The summed E-state index contributed by atoms with van der Waals surface area (Å²) in [6.45, 7) is 0. The summed E-state index contributed by atoms with van der Waals surface area (Å²) in [5.74, 6) is 0.586. The zero-order valence-electron chi connectivity index (χ0n) is 8.43. The van der Waals surface area contributed by atoms with Crippen LogP contribution in [0.3, 0.4) is 0 Å². The van der Waals surface area contributed by atoms with Gasteiger partial charge in [0, 0.05) is 12.6 Å². The van der Waals surface area contributed by atoms with Gasteiger partial charge in [-0.2, -0.15) is 4.68 Å². The number of aromatic nitrogens is 2. The highest BCUT2D eigenvalue weighted by Crippen LogP contribution is 2.19. The number of rotatable bonds is 2. The Hall–Kier alpha value is -2.04. The van der Waals surface area contributed by atoms with Crippen LogP contribution in [0.25, 0.3) is 11.5 Å². The molecule has 0 spiro atoms. The SMILES string of the molecule is COc1ccc(-c2nn(C)c(=O)o2)cc1. The fraction of sp³-hybridized carbons (Fsp3) is 0.200. The summed E-state index contributed by atoms with van der Waals surface area (Å²) in [4.78, 5) is 11.0. The number of hydrogen-bond acceptors (Lipinski definition) is 4. The van der Waals surface area contributed by atoms with E-state index in [1.54, 1.807) is 38.4 Å². The summed E-state index contributed by atoms with van der Waals surface area (Å²) in [6, 6.07) is 7.13. The Morgan fingerprint density at radius 1 is 1.33 bits per heavy atom. The van der Waals surface area contributed by atoms with E-state index >= 15 is 0 Å². The molecule has 78 valence electrons. The molecule has 1 aromatic heterocycles. The van der Waals surface area contributed by atoms with Crippen LogP contribution >= 0.6 is 0 Å². The third-order valence-corrected chi connectivity index (χ3v) is 2.03. The molecule has 0 atom stereocenters. The van der Waals surface area contributed by atoms with Crippen LogP contribution in [0.5, 0.6) is 5.75 Å². The molecule has 0 saturated heterocycles. The smallest absolute Gasteiger partial charge is 0.437 e. The average Bonchev–Trinajstić information content (AvgIpc) is 2.59. The van der Waals surface area contributed by atoms with Crippen molar-refractivity contribution in [3.63, 3.8) is 0 Å². The monoisotopic (exact) mass is 206 g/mol. The van der Waals surface area contributed by atoms with Crippen LogP contribution in [0.2, 0.25) is 0 Å². The van der Waals surface area contributed by atoms with E-state index in [4.69, 9.17) is 9.15 Å². The van der Waals surface area contributed by atoms with Gasteiger partial charge in [0.25, 0.3) is 0 Å². The Kier molecular flexibility index (Phi) is 2.29. The average molecular weight is 206 g/mol. The van der Waals surface area contributed by atoms with E-state index in [1.165, 1.54) is 0 Å². The molecule has 0 radical (unpaired) electrons. The van der Waals surface area contributed by atoms with Crippen molar-refractivity contribution < 1.29 is 9.15 Å². The topological polar surface area (TPSA) is 57.3 Å². The highest BCUT2D eigenvalue weighted by Gasteiger charge is 2.07. The van der Waals surface area contributed by atoms with Crippen molar-refractivity contribution in [2.24, 2.45) is 7.05 Å². The molecule has 0 saturated carbocycles. The maximum absolute atomic E-state index is 11.0. The minimum atomic E-state index is -0.471. The van der Waals surface area contributed by atoms with Gasteiger partial charge in [0.15, 0.2) is 0 Å². The summed E-state index contributed by atoms with van der Waals surface area (Å²) >= 11 is 0. The lowest BCUT2D eigenvalue weighted by molar-refractivity contribution is 0.415. The van der Waals surface area contributed by atoms with Gasteiger partial charge in [-0.15, -0.1) is 5.10 Å². The molecular weight excluding hydrogens is 196 g/mol. The first-order valence-electron chi connectivity index (χ1n) is 4.39. The van der Waals surface area contributed by atoms with Crippen molar-refractivity contribution in [1.82, 2.24) is 9.78 Å². The maximum atomic E-state index is 11.0. The predicted molar refractivity (Wildman–Crippen MR) is 53.7 cm³/mol. The predicted octanol–water partition coefficient (Wildman–Crippen LogP) is 1.05. The molecule has 2 rings (SSSR count). The molecule has 0 bridgehead atoms. The van der Waals surface area contributed by atoms with Gasteiger partial charge in [-0.25, -0.2) is 4.79 Å². The van der Waals surface area contributed by atoms with E-state index in [2.05, 4.69) is 5.10 Å². The number of aryl methyl sites for hydroxylation is 1. The highest BCUT2D eigenvalue weighted by molar-refractivity contribution is 5.53. The van der Waals surface area contributed by atoms with E-state index in [0.29, 0.717) is 5.89 Å². The molecule has 0 fully saturated rings. The Labute approximate surface area is 85.9 Å². The molecule has 0 aliphatic rings. The number of methoxy groups -OCH3 is 1. The fourth-order valence-electron chi connectivity index (χ4n) is 1.20. The van der Waals surface area contributed by atoms with Crippen LogP contribution in [-0.4, -0.2) is 16.9 Å². The third kappa shape index (κ3) is 1.76. The lowest BCUT2D eigenvalue weighted by Gasteiger charge is -1.98. The first-order chi connectivity index (χ1) is 7.20. The molecule has 5 heteroatoms. The van der Waals surface area contributed by atoms with Crippen molar-refractivity contribution in [2.45, 2.75) is 0 Å². The van der Waals surface area contributed by atoms with E-state index in [-0.39, 0.29) is 0 Å².